The van der Waals surface area contributed by atoms with Gasteiger partial charge < -0.3 is 56.8 Å². The largest absolute Gasteiger partial charge is 0.465 e. The van der Waals surface area contributed by atoms with E-state index in [4.69, 9.17) is 56.8 Å². The van der Waals surface area contributed by atoms with Gasteiger partial charge in [-0.2, -0.15) is 0 Å². The molecule has 14 rings (SSSR count). The van der Waals surface area contributed by atoms with Gasteiger partial charge in [0, 0.05) is 23.1 Å². The van der Waals surface area contributed by atoms with Crippen molar-refractivity contribution in [3.05, 3.63) is 174 Å². The lowest BCUT2D eigenvalue weighted by Crippen LogP contribution is -2.51. The van der Waals surface area contributed by atoms with E-state index in [9.17, 15) is 28.8 Å². The molecular weight excluding hydrogens is 1390 g/mol. The molecule has 7 atom stereocenters. The van der Waals surface area contributed by atoms with Crippen LogP contribution in [-0.2, 0) is 83.4 Å². The molecule has 8 aliphatic carbocycles. The molecule has 5 aromatic carbocycles. The first-order chi connectivity index (χ1) is 52.5. The van der Waals surface area contributed by atoms with E-state index in [2.05, 4.69) is 33.6 Å². The fraction of sp³-hybridized carbons (Fsp3) is 0.565. The van der Waals surface area contributed by atoms with E-state index >= 15 is 0 Å². The van der Waals surface area contributed by atoms with E-state index in [-0.39, 0.29) is 61.0 Å². The lowest BCUT2D eigenvalue weighted by molar-refractivity contribution is -0.189. The van der Waals surface area contributed by atoms with Crippen molar-refractivity contribution in [1.82, 2.24) is 0 Å². The Balaban J connectivity index is 0.000000176. The van der Waals surface area contributed by atoms with Crippen LogP contribution in [0.3, 0.4) is 0 Å². The summed E-state index contributed by atoms with van der Waals surface area (Å²) in [7, 11) is 0. The molecule has 0 radical (unpaired) electrons. The first kappa shape index (κ1) is 84.1. The van der Waals surface area contributed by atoms with Gasteiger partial charge in [0.2, 0.25) is 0 Å². The zero-order chi connectivity index (χ0) is 79.0. The average molecular weight is 1510 g/mol. The second-order valence-corrected chi connectivity index (χ2v) is 33.2. The van der Waals surface area contributed by atoms with E-state index in [0.29, 0.717) is 72.0 Å². The van der Waals surface area contributed by atoms with Crippen molar-refractivity contribution in [2.24, 2.45) is 46.3 Å². The number of hydrogen-bond acceptors (Lipinski definition) is 18. The average Bonchev–Trinajstić information content (AvgIpc) is 0.746. The molecule has 596 valence electrons. The number of esters is 6. The molecule has 0 N–H and O–H groups in total. The second-order valence-electron chi connectivity index (χ2n) is 33.2. The van der Waals surface area contributed by atoms with Gasteiger partial charge in [-0.25, -0.2) is 19.2 Å². The van der Waals surface area contributed by atoms with Crippen molar-refractivity contribution in [3.8, 4) is 17.2 Å². The molecule has 0 spiro atoms. The van der Waals surface area contributed by atoms with Crippen LogP contribution in [-0.4, -0.2) is 93.8 Å². The molecule has 8 saturated carbocycles. The van der Waals surface area contributed by atoms with Crippen LogP contribution in [0.5, 0.6) is 17.2 Å². The van der Waals surface area contributed by atoms with Crippen molar-refractivity contribution < 1.29 is 85.6 Å². The van der Waals surface area contributed by atoms with Crippen LogP contribution in [0, 0.1) is 46.3 Å². The van der Waals surface area contributed by atoms with Crippen LogP contribution in [0.1, 0.15) is 238 Å². The molecule has 1 saturated heterocycles. The molecule has 8 bridgehead atoms. The van der Waals surface area contributed by atoms with Gasteiger partial charge >= 0.3 is 35.8 Å². The molecule has 7 unspecified atom stereocenters. The molecule has 9 fully saturated rings. The molecule has 5 aromatic rings. The third kappa shape index (κ3) is 22.1. The Morgan fingerprint density at radius 2 is 0.836 bits per heavy atom. The summed E-state index contributed by atoms with van der Waals surface area (Å²) < 4.78 is 69.7. The van der Waals surface area contributed by atoms with Gasteiger partial charge in [0.05, 0.1) is 35.7 Å². The van der Waals surface area contributed by atoms with Crippen LogP contribution in [0.2, 0.25) is 0 Å². The third-order valence-corrected chi connectivity index (χ3v) is 23.4. The Morgan fingerprint density at radius 3 is 1.23 bits per heavy atom. The van der Waals surface area contributed by atoms with Crippen LogP contribution in [0.25, 0.3) is 10.8 Å². The molecule has 0 amide bonds. The summed E-state index contributed by atoms with van der Waals surface area (Å²) in [6.07, 6.45) is 19.8. The number of fused-ring (bicyclic) bond motifs is 1. The van der Waals surface area contributed by atoms with E-state index in [1.807, 2.05) is 144 Å². The maximum Gasteiger partial charge on any atom is 0.338 e. The quantitative estimate of drug-likeness (QED) is 0.0123. The Hall–Kier alpha value is -8.32. The molecule has 18 nitrogen and oxygen atoms in total. The number of ether oxygens (including phenoxy) is 12. The van der Waals surface area contributed by atoms with E-state index in [0.717, 1.165) is 140 Å². The first-order valence-electron chi connectivity index (χ1n) is 40.4. The smallest absolute Gasteiger partial charge is 0.338 e. The fourth-order valence-electron chi connectivity index (χ4n) is 18.7. The Morgan fingerprint density at radius 1 is 0.464 bits per heavy atom. The van der Waals surface area contributed by atoms with Gasteiger partial charge in [0.25, 0.3) is 0 Å². The first-order valence-corrected chi connectivity index (χ1v) is 40.4. The van der Waals surface area contributed by atoms with Crippen LogP contribution in [0.15, 0.2) is 152 Å². The summed E-state index contributed by atoms with van der Waals surface area (Å²) in [5.41, 5.74) is 1.66. The maximum absolute atomic E-state index is 13.2. The summed E-state index contributed by atoms with van der Waals surface area (Å²) in [5.74, 6) is 4.73. The van der Waals surface area contributed by atoms with Crippen molar-refractivity contribution in [2.45, 2.75) is 253 Å². The Bertz CT molecular complexity index is 3920. The molecule has 0 aromatic heterocycles. The highest BCUT2D eigenvalue weighted by Gasteiger charge is 2.57. The molecular formula is C92H120O18. The summed E-state index contributed by atoms with van der Waals surface area (Å²) in [6, 6.07) is 36.0. The van der Waals surface area contributed by atoms with Gasteiger partial charge in [0.1, 0.15) is 53.9 Å². The molecule has 1 heterocycles. The molecule has 9 aliphatic rings. The lowest BCUT2D eigenvalue weighted by Gasteiger charge is -2.55. The summed E-state index contributed by atoms with van der Waals surface area (Å²) in [6.45, 7) is 32.7. The number of hydrogen-bond donors (Lipinski definition) is 0. The van der Waals surface area contributed by atoms with Gasteiger partial charge in [-0.05, 0) is 276 Å². The van der Waals surface area contributed by atoms with E-state index in [1.54, 1.807) is 33.8 Å². The molecule has 110 heavy (non-hydrogen) atoms. The minimum atomic E-state index is -0.750. The van der Waals surface area contributed by atoms with Gasteiger partial charge in [-0.15, -0.1) is 0 Å². The van der Waals surface area contributed by atoms with Crippen LogP contribution >= 0.6 is 0 Å². The topological polar surface area (TPSA) is 213 Å². The highest BCUT2D eigenvalue weighted by molar-refractivity contribution is 5.95. The number of carbonyl (C=O) groups is 6. The monoisotopic (exact) mass is 1510 g/mol. The predicted molar refractivity (Wildman–Crippen MR) is 421 cm³/mol. The lowest BCUT2D eigenvalue weighted by atomic mass is 9.49. The normalized spacial score (nSPS) is 25.3. The van der Waals surface area contributed by atoms with E-state index < -0.39 is 47.3 Å². The SMILES string of the molecule is C=C(C)C(=O)OC(C)(CCC)c1ccc(OC(C)OCCOC(=O)C23CC4CC(CC(C4)C2)C3)cc1.C=C(C)C(=O)OC(C)(CCC)c1ccc(OC(C)OCCOC(=O)c2ccc3ccccc3c2)cc1.C=C(C)C(=O)OC(C)(CCC)c1ccc(OC2CCCC(COC(=O)C34CC5CC(CC(C5)C3)C4)O2)cc1. The molecule has 18 heteroatoms. The van der Waals surface area contributed by atoms with Gasteiger partial charge in [-0.1, -0.05) is 127 Å². The zero-order valence-electron chi connectivity index (χ0n) is 67.1. The minimum absolute atomic E-state index is 0.0151. The van der Waals surface area contributed by atoms with Crippen molar-refractivity contribution in [3.63, 3.8) is 0 Å². The molecule has 1 aliphatic heterocycles. The van der Waals surface area contributed by atoms with Gasteiger partial charge in [-0.3, -0.25) is 9.59 Å². The summed E-state index contributed by atoms with van der Waals surface area (Å²) >= 11 is 0. The fourth-order valence-corrected chi connectivity index (χ4v) is 18.7. The number of carbonyl (C=O) groups excluding carboxylic acids is 6. The summed E-state index contributed by atoms with van der Waals surface area (Å²) in [5, 5.41) is 2.06. The van der Waals surface area contributed by atoms with Crippen LogP contribution in [0.4, 0.5) is 0 Å². The second kappa shape index (κ2) is 37.8. The minimum Gasteiger partial charge on any atom is -0.465 e. The van der Waals surface area contributed by atoms with Crippen LogP contribution < -0.4 is 14.2 Å². The zero-order valence-corrected chi connectivity index (χ0v) is 67.1. The number of rotatable bonds is 34. The Kier molecular flexibility index (Phi) is 28.9. The Labute approximate surface area is 652 Å². The van der Waals surface area contributed by atoms with E-state index in [1.165, 1.54) is 38.5 Å². The third-order valence-electron chi connectivity index (χ3n) is 23.4. The maximum atomic E-state index is 13.2. The van der Waals surface area contributed by atoms with Crippen molar-refractivity contribution >= 4 is 46.6 Å². The number of benzene rings is 5. The predicted octanol–water partition coefficient (Wildman–Crippen LogP) is 19.7. The highest BCUT2D eigenvalue weighted by Crippen LogP contribution is 2.62. The van der Waals surface area contributed by atoms with Crippen molar-refractivity contribution in [2.75, 3.05) is 33.0 Å². The van der Waals surface area contributed by atoms with Gasteiger partial charge in [0.15, 0.2) is 18.9 Å². The van der Waals surface area contributed by atoms with Crippen molar-refractivity contribution in [1.29, 1.82) is 0 Å². The highest BCUT2D eigenvalue weighted by atomic mass is 16.7. The standard InChI is InChI=1S/C32H44O6.C30H42O6.C30H34O6/c1-5-13-31(4,38-29(33)21(2)3)25-9-11-26(12-10-25)36-28-8-6-7-27(37-28)20-35-30(34)32-17-22-14-23(18-32)16-24(15-22)19-32;1-6-11-29(5,36-27(31)20(2)3)25-7-9-26(10-8-25)35-21(4)33-12-13-34-28(32)30-17-22-14-23(18-30)16-24(15-22)19-30;1-6-17-30(5,36-28(31)21(2)3)26-13-15-27(16-14-26)35-22(4)33-18-19-34-29(32)25-12-11-23-9-7-8-10-24(23)20-25/h9-12,22-24,27-28H,2,5-8,13-20H2,1,3-4H3;7-10,21-24H,2,6,11-19H2,1,3-5H3;7-16,20,22H,2,6,17-19H2,1,3-5H3. The summed E-state index contributed by atoms with van der Waals surface area (Å²) in [4.78, 5) is 75.0.